The van der Waals surface area contributed by atoms with Crippen LogP contribution in [0.3, 0.4) is 0 Å². The molecule has 1 saturated heterocycles. The Hall–Kier alpha value is -2.09. The van der Waals surface area contributed by atoms with Crippen LogP contribution in [0.5, 0.6) is 0 Å². The second kappa shape index (κ2) is 7.31. The normalized spacial score (nSPS) is 18.8. The number of hydrogen-bond donors (Lipinski definition) is 2. The Morgan fingerprint density at radius 1 is 1.34 bits per heavy atom. The van der Waals surface area contributed by atoms with Gasteiger partial charge in [-0.1, -0.05) is 24.6 Å². The van der Waals surface area contributed by atoms with Gasteiger partial charge in [-0.2, -0.15) is 0 Å². The van der Waals surface area contributed by atoms with Crippen molar-refractivity contribution in [3.8, 4) is 0 Å². The maximum atomic E-state index is 12.1. The van der Waals surface area contributed by atoms with E-state index in [9.17, 15) is 4.79 Å². The van der Waals surface area contributed by atoms with Gasteiger partial charge in [-0.15, -0.1) is 0 Å². The number of aromatic amines is 1. The van der Waals surface area contributed by atoms with Crippen LogP contribution in [0.1, 0.15) is 41.4 Å². The number of nitrogens with zero attached hydrogens (tertiary/aromatic N) is 3. The molecule has 1 fully saturated rings. The molecule has 0 bridgehead atoms. The topological polar surface area (TPSA) is 87.9 Å². The third-order valence-corrected chi connectivity index (χ3v) is 6.99. The molecule has 29 heavy (non-hydrogen) atoms. The monoisotopic (exact) mass is 427 g/mol. The molecule has 1 aliphatic carbocycles. The van der Waals surface area contributed by atoms with Gasteiger partial charge in [-0.05, 0) is 48.7 Å². The number of hydrogen-bond acceptors (Lipinski definition) is 6. The van der Waals surface area contributed by atoms with Gasteiger partial charge in [0.1, 0.15) is 11.5 Å². The molecule has 1 atom stereocenters. The van der Waals surface area contributed by atoms with Crippen LogP contribution in [0.25, 0.3) is 11.0 Å². The molecule has 2 aliphatic rings. The summed E-state index contributed by atoms with van der Waals surface area (Å²) in [5, 5.41) is 2.20. The predicted octanol–water partition coefficient (Wildman–Crippen LogP) is 3.99. The fraction of sp³-hybridized carbons (Fsp3) is 0.381. The summed E-state index contributed by atoms with van der Waals surface area (Å²) in [4.78, 5) is 28.2. The van der Waals surface area contributed by atoms with Gasteiger partial charge in [0.2, 0.25) is 0 Å². The van der Waals surface area contributed by atoms with Crippen LogP contribution in [-0.2, 0) is 12.8 Å². The summed E-state index contributed by atoms with van der Waals surface area (Å²) in [5.41, 5.74) is 9.81. The smallest absolute Gasteiger partial charge is 0.196 e. The highest BCUT2D eigenvalue weighted by molar-refractivity contribution is 7.99. The average molecular weight is 428 g/mol. The second-order valence-electron chi connectivity index (χ2n) is 7.66. The number of aromatic nitrogens is 3. The van der Waals surface area contributed by atoms with E-state index in [4.69, 9.17) is 27.3 Å². The van der Waals surface area contributed by atoms with Crippen molar-refractivity contribution in [3.63, 3.8) is 0 Å². The summed E-state index contributed by atoms with van der Waals surface area (Å²) in [6.07, 6.45) is 3.17. The van der Waals surface area contributed by atoms with Crippen LogP contribution in [-0.4, -0.2) is 39.9 Å². The van der Waals surface area contributed by atoms with Crippen LogP contribution in [0.15, 0.2) is 28.3 Å². The zero-order chi connectivity index (χ0) is 20.1. The maximum absolute atomic E-state index is 12.1. The molecule has 0 spiro atoms. The summed E-state index contributed by atoms with van der Waals surface area (Å²) in [6, 6.07) is 6.19. The van der Waals surface area contributed by atoms with Gasteiger partial charge in [-0.3, -0.25) is 4.79 Å². The van der Waals surface area contributed by atoms with Gasteiger partial charge in [0.25, 0.3) is 0 Å². The number of anilines is 1. The molecule has 1 aliphatic heterocycles. The number of ketones is 1. The molecule has 0 radical (unpaired) electrons. The van der Waals surface area contributed by atoms with Gasteiger partial charge < -0.3 is 15.6 Å². The van der Waals surface area contributed by atoms with Crippen molar-refractivity contribution in [2.75, 3.05) is 18.0 Å². The first-order valence-corrected chi connectivity index (χ1v) is 11.2. The Morgan fingerprint density at radius 2 is 2.21 bits per heavy atom. The van der Waals surface area contributed by atoms with Crippen molar-refractivity contribution < 1.29 is 4.79 Å². The summed E-state index contributed by atoms with van der Waals surface area (Å²) >= 11 is 8.13. The van der Waals surface area contributed by atoms with Crippen molar-refractivity contribution >= 4 is 46.0 Å². The van der Waals surface area contributed by atoms with E-state index < -0.39 is 0 Å². The van der Waals surface area contributed by atoms with Gasteiger partial charge in [-0.25, -0.2) is 9.97 Å². The lowest BCUT2D eigenvalue weighted by atomic mass is 10.1. The fourth-order valence-electron chi connectivity index (χ4n) is 4.15. The molecule has 0 amide bonds. The largest absolute Gasteiger partial charge is 0.354 e. The van der Waals surface area contributed by atoms with Crippen molar-refractivity contribution in [1.82, 2.24) is 15.0 Å². The molecular formula is C21H22ClN5OS. The van der Waals surface area contributed by atoms with Crippen LogP contribution in [0.2, 0.25) is 5.02 Å². The van der Waals surface area contributed by atoms with Crippen LogP contribution in [0, 0.1) is 0 Å². The molecule has 5 rings (SSSR count). The molecule has 8 heteroatoms. The van der Waals surface area contributed by atoms with E-state index in [0.717, 1.165) is 70.9 Å². The quantitative estimate of drug-likeness (QED) is 0.612. The van der Waals surface area contributed by atoms with Crippen LogP contribution in [0.4, 0.5) is 5.82 Å². The molecule has 6 nitrogen and oxygen atoms in total. The number of carbonyl (C=O) groups is 1. The molecule has 1 aromatic carbocycles. The second-order valence-corrected chi connectivity index (χ2v) is 9.08. The van der Waals surface area contributed by atoms with Gasteiger partial charge >= 0.3 is 0 Å². The summed E-state index contributed by atoms with van der Waals surface area (Å²) < 4.78 is 0. The Morgan fingerprint density at radius 3 is 2.97 bits per heavy atom. The minimum absolute atomic E-state index is 0.141. The van der Waals surface area contributed by atoms with E-state index >= 15 is 0 Å². The zero-order valence-corrected chi connectivity index (χ0v) is 17.7. The van der Waals surface area contributed by atoms with Crippen LogP contribution >= 0.6 is 23.4 Å². The first-order valence-electron chi connectivity index (χ1n) is 9.96. The average Bonchev–Trinajstić information content (AvgIpc) is 3.39. The molecule has 0 saturated carbocycles. The number of carbonyl (C=O) groups excluding carboxylic acids is 1. The predicted molar refractivity (Wildman–Crippen MR) is 116 cm³/mol. The highest BCUT2D eigenvalue weighted by atomic mass is 35.5. The van der Waals surface area contributed by atoms with E-state index in [0.29, 0.717) is 16.6 Å². The van der Waals surface area contributed by atoms with Crippen molar-refractivity contribution in [3.05, 3.63) is 40.0 Å². The lowest BCUT2D eigenvalue weighted by molar-refractivity contribution is 0.0994. The first-order chi connectivity index (χ1) is 14.0. The molecular weight excluding hydrogens is 406 g/mol. The SMILES string of the molecule is CCc1[nH]c2nc(Sc3ccc4c(c3)C(=O)CC4)nc(N3CC[C@H](N)C3)c2c1Cl. The Labute approximate surface area is 178 Å². The molecule has 0 unspecified atom stereocenters. The lowest BCUT2D eigenvalue weighted by Gasteiger charge is -2.18. The molecule has 3 aromatic rings. The highest BCUT2D eigenvalue weighted by Gasteiger charge is 2.26. The number of halogens is 1. The van der Waals surface area contributed by atoms with Gasteiger partial charge in [0.05, 0.1) is 10.4 Å². The van der Waals surface area contributed by atoms with E-state index in [1.54, 1.807) is 0 Å². The fourth-order valence-corrected chi connectivity index (χ4v) is 5.30. The van der Waals surface area contributed by atoms with Crippen LogP contribution < -0.4 is 10.6 Å². The van der Waals surface area contributed by atoms with E-state index in [-0.39, 0.29) is 11.8 Å². The van der Waals surface area contributed by atoms with Crippen molar-refractivity contribution in [1.29, 1.82) is 0 Å². The minimum atomic E-state index is 0.141. The number of benzene rings is 1. The molecule has 150 valence electrons. The third kappa shape index (κ3) is 3.31. The van der Waals surface area contributed by atoms with E-state index in [1.807, 2.05) is 18.2 Å². The Balaban J connectivity index is 1.58. The summed E-state index contributed by atoms with van der Waals surface area (Å²) in [7, 11) is 0. The highest BCUT2D eigenvalue weighted by Crippen LogP contribution is 2.38. The summed E-state index contributed by atoms with van der Waals surface area (Å²) in [5.74, 6) is 1.05. The Kier molecular flexibility index (Phi) is 4.76. The number of H-pyrrole nitrogens is 1. The van der Waals surface area contributed by atoms with Crippen molar-refractivity contribution in [2.45, 2.75) is 48.7 Å². The van der Waals surface area contributed by atoms with E-state index in [2.05, 4.69) is 16.8 Å². The first kappa shape index (κ1) is 18.9. The van der Waals surface area contributed by atoms with Crippen molar-refractivity contribution in [2.24, 2.45) is 5.73 Å². The zero-order valence-electron chi connectivity index (χ0n) is 16.2. The van der Waals surface area contributed by atoms with Gasteiger partial charge in [0, 0.05) is 41.7 Å². The van der Waals surface area contributed by atoms with E-state index in [1.165, 1.54) is 11.8 Å². The Bertz CT molecular complexity index is 1130. The van der Waals surface area contributed by atoms with Gasteiger partial charge in [0.15, 0.2) is 10.9 Å². The number of aryl methyl sites for hydroxylation is 2. The summed E-state index contributed by atoms with van der Waals surface area (Å²) in [6.45, 7) is 3.67. The third-order valence-electron chi connectivity index (χ3n) is 5.71. The number of nitrogens with one attached hydrogen (secondary N) is 1. The maximum Gasteiger partial charge on any atom is 0.196 e. The minimum Gasteiger partial charge on any atom is -0.354 e. The number of fused-ring (bicyclic) bond motifs is 2. The molecule has 2 aromatic heterocycles. The number of nitrogens with two attached hydrogens (primary N) is 1. The molecule has 3 heterocycles. The molecule has 3 N–H and O–H groups in total. The number of rotatable bonds is 4. The standard InChI is InChI=1S/C21H22ClN5OS/c1-2-15-18(22)17-19(24-15)25-21(26-20(17)27-8-7-12(23)10-27)29-13-5-3-11-4-6-16(28)14(11)9-13/h3,5,9,12H,2,4,6-8,10,23H2,1H3,(H,24,25,26)/t12-/m0/s1. The lowest BCUT2D eigenvalue weighted by Crippen LogP contribution is -2.27. The number of Topliss-reactive ketones (excluding diaryl/α,β-unsaturated/α-hetero) is 1.